The molecule has 0 spiro atoms. The summed E-state index contributed by atoms with van der Waals surface area (Å²) in [5, 5.41) is 10.7. The van der Waals surface area contributed by atoms with Crippen LogP contribution in [0.15, 0.2) is 54.6 Å². The van der Waals surface area contributed by atoms with E-state index >= 15 is 0 Å². The van der Waals surface area contributed by atoms with Crippen LogP contribution < -0.4 is 0 Å². The summed E-state index contributed by atoms with van der Waals surface area (Å²) in [7, 11) is 0. The van der Waals surface area contributed by atoms with E-state index in [1.54, 1.807) is 0 Å². The molecule has 0 unspecified atom stereocenters. The van der Waals surface area contributed by atoms with Crippen molar-refractivity contribution in [1.29, 1.82) is 0 Å². The number of aliphatic hydroxyl groups excluding tert-OH is 1. The Hall–Kier alpha value is -1.64. The number of benzene rings is 2. The molecule has 21 heavy (non-hydrogen) atoms. The van der Waals surface area contributed by atoms with Crippen molar-refractivity contribution in [1.82, 2.24) is 4.90 Å². The Balaban J connectivity index is 1.69. The topological polar surface area (TPSA) is 23.5 Å². The van der Waals surface area contributed by atoms with E-state index in [2.05, 4.69) is 59.5 Å². The fourth-order valence-electron chi connectivity index (χ4n) is 4.07. The average molecular weight is 279 g/mol. The van der Waals surface area contributed by atoms with Crippen LogP contribution in [-0.2, 0) is 13.1 Å². The third-order valence-electron chi connectivity index (χ3n) is 5.11. The maximum Gasteiger partial charge on any atom is 0.0764 e. The van der Waals surface area contributed by atoms with Gasteiger partial charge in [0.15, 0.2) is 0 Å². The van der Waals surface area contributed by atoms with E-state index in [-0.39, 0.29) is 6.10 Å². The molecule has 0 radical (unpaired) electrons. The van der Waals surface area contributed by atoms with E-state index in [0.29, 0.717) is 12.0 Å². The summed E-state index contributed by atoms with van der Waals surface area (Å²) >= 11 is 0. The quantitative estimate of drug-likeness (QED) is 0.911. The van der Waals surface area contributed by atoms with Crippen molar-refractivity contribution in [2.24, 2.45) is 0 Å². The molecule has 0 saturated heterocycles. The van der Waals surface area contributed by atoms with Crippen LogP contribution >= 0.6 is 0 Å². The molecule has 2 aromatic carbocycles. The second-order valence-electron chi connectivity index (χ2n) is 6.33. The number of hydrogen-bond acceptors (Lipinski definition) is 2. The van der Waals surface area contributed by atoms with Gasteiger partial charge in [0.2, 0.25) is 0 Å². The highest BCUT2D eigenvalue weighted by Gasteiger charge is 2.42. The molecule has 2 bridgehead atoms. The van der Waals surface area contributed by atoms with Gasteiger partial charge in [-0.1, -0.05) is 54.6 Å². The Labute approximate surface area is 126 Å². The first-order chi connectivity index (χ1) is 10.3. The Morgan fingerprint density at radius 1 is 0.952 bits per heavy atom. The zero-order valence-electron chi connectivity index (χ0n) is 12.2. The van der Waals surface area contributed by atoms with Gasteiger partial charge in [-0.3, -0.25) is 4.90 Å². The molecule has 0 aromatic heterocycles. The van der Waals surface area contributed by atoms with Crippen LogP contribution in [0.3, 0.4) is 0 Å². The molecule has 2 heteroatoms. The van der Waals surface area contributed by atoms with Gasteiger partial charge in [-0.15, -0.1) is 0 Å². The lowest BCUT2D eigenvalue weighted by Gasteiger charge is -2.30. The van der Waals surface area contributed by atoms with Crippen molar-refractivity contribution in [3.63, 3.8) is 0 Å². The van der Waals surface area contributed by atoms with Crippen molar-refractivity contribution in [2.75, 3.05) is 0 Å². The Bertz CT molecular complexity index is 624. The van der Waals surface area contributed by atoms with E-state index in [9.17, 15) is 5.11 Å². The summed E-state index contributed by atoms with van der Waals surface area (Å²) in [5.74, 6) is 0.326. The normalized spacial score (nSPS) is 28.1. The van der Waals surface area contributed by atoms with Crippen LogP contribution in [0.25, 0.3) is 0 Å². The van der Waals surface area contributed by atoms with E-state index < -0.39 is 0 Å². The maximum absolute atomic E-state index is 10.7. The highest BCUT2D eigenvalue weighted by atomic mass is 16.3. The van der Waals surface area contributed by atoms with Crippen molar-refractivity contribution in [3.05, 3.63) is 71.3 Å². The van der Waals surface area contributed by atoms with Crippen LogP contribution in [0.1, 0.15) is 35.4 Å². The van der Waals surface area contributed by atoms with Crippen molar-refractivity contribution in [3.8, 4) is 0 Å². The van der Waals surface area contributed by atoms with E-state index in [1.807, 2.05) is 0 Å². The predicted molar refractivity (Wildman–Crippen MR) is 83.9 cm³/mol. The van der Waals surface area contributed by atoms with Gasteiger partial charge in [0.1, 0.15) is 0 Å². The van der Waals surface area contributed by atoms with Gasteiger partial charge in [-0.2, -0.15) is 0 Å². The molecule has 1 N–H and O–H groups in total. The first-order valence-corrected chi connectivity index (χ1v) is 7.87. The summed E-state index contributed by atoms with van der Waals surface area (Å²) in [6, 6.07) is 19.5. The Morgan fingerprint density at radius 3 is 2.57 bits per heavy atom. The third kappa shape index (κ3) is 2.29. The summed E-state index contributed by atoms with van der Waals surface area (Å²) in [5.41, 5.74) is 4.08. The summed E-state index contributed by atoms with van der Waals surface area (Å²) in [6.07, 6.45) is 1.98. The molecule has 1 aliphatic carbocycles. The van der Waals surface area contributed by atoms with Gasteiger partial charge in [-0.05, 0) is 29.5 Å². The largest absolute Gasteiger partial charge is 0.391 e. The number of nitrogens with zero attached hydrogens (tertiary/aromatic N) is 1. The molecular formula is C19H21NO. The van der Waals surface area contributed by atoms with Crippen LogP contribution in [0.2, 0.25) is 0 Å². The minimum absolute atomic E-state index is 0.225. The molecule has 1 saturated carbocycles. The minimum atomic E-state index is -0.225. The van der Waals surface area contributed by atoms with Crippen LogP contribution in [0.5, 0.6) is 0 Å². The van der Waals surface area contributed by atoms with Gasteiger partial charge in [-0.25, -0.2) is 0 Å². The molecule has 1 fully saturated rings. The van der Waals surface area contributed by atoms with Crippen molar-refractivity contribution < 1.29 is 5.11 Å². The molecule has 2 aliphatic rings. The molecule has 3 atom stereocenters. The summed E-state index contributed by atoms with van der Waals surface area (Å²) in [4.78, 5) is 2.46. The lowest BCUT2D eigenvalue weighted by Crippen LogP contribution is -2.39. The number of rotatable bonds is 2. The van der Waals surface area contributed by atoms with E-state index in [4.69, 9.17) is 0 Å². The van der Waals surface area contributed by atoms with Gasteiger partial charge >= 0.3 is 0 Å². The van der Waals surface area contributed by atoms with Crippen LogP contribution in [0, 0.1) is 0 Å². The van der Waals surface area contributed by atoms with Crippen LogP contribution in [0.4, 0.5) is 0 Å². The predicted octanol–water partition coefficient (Wildman–Crippen LogP) is 3.31. The lowest BCUT2D eigenvalue weighted by atomic mass is 9.92. The van der Waals surface area contributed by atoms with E-state index in [0.717, 1.165) is 25.9 Å². The van der Waals surface area contributed by atoms with Crippen molar-refractivity contribution in [2.45, 2.75) is 44.0 Å². The third-order valence-corrected chi connectivity index (χ3v) is 5.11. The fourth-order valence-corrected chi connectivity index (χ4v) is 4.07. The maximum atomic E-state index is 10.7. The smallest absolute Gasteiger partial charge is 0.0764 e. The van der Waals surface area contributed by atoms with Gasteiger partial charge in [0.05, 0.1) is 6.10 Å². The molecule has 0 amide bonds. The van der Waals surface area contributed by atoms with Gasteiger partial charge < -0.3 is 5.11 Å². The SMILES string of the molecule is O[C@@H]1[C@@H]2CC[C@H]1N(Cc1ccccc1)Cc1ccccc12. The average Bonchev–Trinajstić information content (AvgIpc) is 2.84. The molecular weight excluding hydrogens is 258 g/mol. The zero-order valence-corrected chi connectivity index (χ0v) is 12.2. The van der Waals surface area contributed by atoms with Gasteiger partial charge in [0.25, 0.3) is 0 Å². The minimum Gasteiger partial charge on any atom is -0.391 e. The van der Waals surface area contributed by atoms with Gasteiger partial charge in [0, 0.05) is 25.0 Å². The zero-order chi connectivity index (χ0) is 14.2. The fraction of sp³-hybridized carbons (Fsp3) is 0.368. The summed E-state index contributed by atoms with van der Waals surface area (Å²) < 4.78 is 0. The molecule has 4 rings (SSSR count). The highest BCUT2D eigenvalue weighted by Crippen LogP contribution is 2.42. The van der Waals surface area contributed by atoms with E-state index in [1.165, 1.54) is 16.7 Å². The first kappa shape index (κ1) is 13.1. The molecule has 2 aromatic rings. The molecule has 108 valence electrons. The Morgan fingerprint density at radius 2 is 1.71 bits per heavy atom. The number of aliphatic hydroxyl groups is 1. The molecule has 1 aliphatic heterocycles. The monoisotopic (exact) mass is 279 g/mol. The van der Waals surface area contributed by atoms with Crippen molar-refractivity contribution >= 4 is 0 Å². The lowest BCUT2D eigenvalue weighted by molar-refractivity contribution is 0.0593. The highest BCUT2D eigenvalue weighted by molar-refractivity contribution is 5.34. The number of fused-ring (bicyclic) bond motifs is 4. The number of hydrogen-bond donors (Lipinski definition) is 1. The Kier molecular flexibility index (Phi) is 3.28. The summed E-state index contributed by atoms with van der Waals surface area (Å²) in [6.45, 7) is 1.87. The standard InChI is InChI=1S/C19H21NO/c21-19-17-10-11-18(19)20(12-14-6-2-1-3-7-14)13-15-8-4-5-9-16(15)17/h1-9,17-19,21H,10-13H2/t17-,18-,19-/m1/s1. The van der Waals surface area contributed by atoms with Crippen LogP contribution in [-0.4, -0.2) is 22.2 Å². The first-order valence-electron chi connectivity index (χ1n) is 7.87. The molecule has 1 heterocycles. The second kappa shape index (κ2) is 5.28. The molecule has 2 nitrogen and oxygen atoms in total. The second-order valence-corrected chi connectivity index (χ2v) is 6.33.